The first-order chi connectivity index (χ1) is 15.5. The van der Waals surface area contributed by atoms with Crippen molar-refractivity contribution in [1.29, 1.82) is 5.26 Å². The lowest BCUT2D eigenvalue weighted by Gasteiger charge is -2.13. The van der Waals surface area contributed by atoms with Gasteiger partial charge in [-0.1, -0.05) is 12.1 Å². The Bertz CT molecular complexity index is 1320. The molecule has 0 bridgehead atoms. The number of nitrogens with zero attached hydrogens (tertiary/aromatic N) is 5. The molecule has 2 aromatic heterocycles. The number of carbonyl (C=O) groups excluding carboxylic acids is 1. The first-order valence-corrected chi connectivity index (χ1v) is 10.2. The highest BCUT2D eigenvalue weighted by atomic mass is 16.5. The summed E-state index contributed by atoms with van der Waals surface area (Å²) in [6, 6.07) is 12.8. The number of aryl methyl sites for hydroxylation is 1. The average molecular weight is 430 g/mol. The summed E-state index contributed by atoms with van der Waals surface area (Å²) in [4.78, 5) is 15.2. The Labute approximate surface area is 183 Å². The molecule has 0 N–H and O–H groups in total. The highest BCUT2D eigenvalue weighted by Gasteiger charge is 2.15. The van der Waals surface area contributed by atoms with E-state index in [1.54, 1.807) is 29.1 Å². The number of carboxylic acids is 1. The molecule has 32 heavy (non-hydrogen) atoms. The molecule has 0 aliphatic carbocycles. The second-order valence-corrected chi connectivity index (χ2v) is 7.35. The third-order valence-electron chi connectivity index (χ3n) is 5.10. The number of carbonyl (C=O) groups is 1. The molecule has 4 rings (SSSR count). The largest absolute Gasteiger partial charge is 0.550 e. The highest BCUT2D eigenvalue weighted by molar-refractivity contribution is 5.83. The van der Waals surface area contributed by atoms with Crippen LogP contribution in [0, 0.1) is 11.3 Å². The van der Waals surface area contributed by atoms with E-state index in [1.165, 1.54) is 0 Å². The smallest absolute Gasteiger partial charge is 0.258 e. The predicted octanol–water partition coefficient (Wildman–Crippen LogP) is 2.94. The van der Waals surface area contributed by atoms with E-state index in [0.717, 1.165) is 22.9 Å². The lowest BCUT2D eigenvalue weighted by atomic mass is 10.1. The lowest BCUT2D eigenvalue weighted by molar-refractivity contribution is -0.305. The molecule has 0 aliphatic rings. The number of aliphatic carboxylic acids is 1. The van der Waals surface area contributed by atoms with Crippen LogP contribution < -0.4 is 9.84 Å². The molecule has 0 unspecified atom stereocenters. The SMILES string of the molecule is CC[C@H](C)Oc1ccc(-c2nc(-c3ccc4c(cnn4CCC(=O)[O-])c3)no2)cc1C#N. The molecule has 0 amide bonds. The Morgan fingerprint density at radius 1 is 1.28 bits per heavy atom. The number of aromatic nitrogens is 4. The standard InChI is InChI=1S/C23H21N5O4/c1-3-14(2)31-20-7-5-16(11-17(20)12-24)23-26-22(27-32-23)15-4-6-19-18(10-15)13-25-28(19)9-8-21(29)30/h4-7,10-11,13-14H,3,8-9H2,1-2H3,(H,29,30)/p-1/t14-/m0/s1. The van der Waals surface area contributed by atoms with Crippen LogP contribution in [0.5, 0.6) is 5.75 Å². The maximum absolute atomic E-state index is 10.7. The second kappa shape index (κ2) is 8.89. The van der Waals surface area contributed by atoms with Crippen LogP contribution in [-0.2, 0) is 11.3 Å². The number of hydrogen-bond acceptors (Lipinski definition) is 8. The second-order valence-electron chi connectivity index (χ2n) is 7.35. The van der Waals surface area contributed by atoms with E-state index < -0.39 is 5.97 Å². The molecular formula is C23H20N5O4-. The van der Waals surface area contributed by atoms with E-state index in [2.05, 4.69) is 21.3 Å². The fourth-order valence-corrected chi connectivity index (χ4v) is 3.21. The van der Waals surface area contributed by atoms with Gasteiger partial charge >= 0.3 is 0 Å². The first kappa shape index (κ1) is 21.1. The van der Waals surface area contributed by atoms with Crippen molar-refractivity contribution in [2.75, 3.05) is 0 Å². The van der Waals surface area contributed by atoms with Gasteiger partial charge in [-0.3, -0.25) is 4.68 Å². The Hall–Kier alpha value is -4.19. The normalized spacial score (nSPS) is 11.9. The van der Waals surface area contributed by atoms with Gasteiger partial charge in [0.25, 0.3) is 5.89 Å². The van der Waals surface area contributed by atoms with Gasteiger partial charge in [-0.25, -0.2) is 0 Å². The van der Waals surface area contributed by atoms with E-state index in [9.17, 15) is 15.2 Å². The molecule has 0 aliphatic heterocycles. The third kappa shape index (κ3) is 4.30. The number of carboxylic acid groups (broad SMARTS) is 1. The summed E-state index contributed by atoms with van der Waals surface area (Å²) in [7, 11) is 0. The zero-order valence-corrected chi connectivity index (χ0v) is 17.6. The summed E-state index contributed by atoms with van der Waals surface area (Å²) < 4.78 is 12.8. The van der Waals surface area contributed by atoms with Crippen LogP contribution in [-0.4, -0.2) is 32.0 Å². The van der Waals surface area contributed by atoms with E-state index in [1.807, 2.05) is 32.0 Å². The summed E-state index contributed by atoms with van der Waals surface area (Å²) in [6.07, 6.45) is 2.38. The van der Waals surface area contributed by atoms with Gasteiger partial charge in [0.05, 0.1) is 23.4 Å². The molecule has 162 valence electrons. The maximum Gasteiger partial charge on any atom is 0.258 e. The van der Waals surface area contributed by atoms with Crippen LogP contribution in [0.15, 0.2) is 47.1 Å². The van der Waals surface area contributed by atoms with Crippen molar-refractivity contribution < 1.29 is 19.2 Å². The quantitative estimate of drug-likeness (QED) is 0.417. The third-order valence-corrected chi connectivity index (χ3v) is 5.10. The summed E-state index contributed by atoms with van der Waals surface area (Å²) in [5, 5.41) is 29.3. The molecule has 9 nitrogen and oxygen atoms in total. The molecule has 0 spiro atoms. The zero-order chi connectivity index (χ0) is 22.7. The lowest BCUT2D eigenvalue weighted by Crippen LogP contribution is -2.23. The molecule has 4 aromatic rings. The highest BCUT2D eigenvalue weighted by Crippen LogP contribution is 2.29. The van der Waals surface area contributed by atoms with Crippen molar-refractivity contribution in [1.82, 2.24) is 19.9 Å². The monoisotopic (exact) mass is 430 g/mol. The zero-order valence-electron chi connectivity index (χ0n) is 17.6. The van der Waals surface area contributed by atoms with Crippen LogP contribution >= 0.6 is 0 Å². The van der Waals surface area contributed by atoms with Gasteiger partial charge in [-0.15, -0.1) is 0 Å². The molecule has 0 fully saturated rings. The van der Waals surface area contributed by atoms with E-state index in [-0.39, 0.29) is 25.0 Å². The van der Waals surface area contributed by atoms with Gasteiger partial charge in [0.2, 0.25) is 5.82 Å². The number of fused-ring (bicyclic) bond motifs is 1. The van der Waals surface area contributed by atoms with Crippen LogP contribution in [0.1, 0.15) is 32.3 Å². The van der Waals surface area contributed by atoms with Crippen LogP contribution in [0.2, 0.25) is 0 Å². The van der Waals surface area contributed by atoms with E-state index in [4.69, 9.17) is 9.26 Å². The molecule has 0 saturated carbocycles. The maximum atomic E-state index is 10.7. The summed E-state index contributed by atoms with van der Waals surface area (Å²) >= 11 is 0. The van der Waals surface area contributed by atoms with Crippen molar-refractivity contribution in [2.45, 2.75) is 39.3 Å². The topological polar surface area (TPSA) is 130 Å². The molecule has 2 aromatic carbocycles. The molecule has 0 saturated heterocycles. The number of ether oxygens (including phenoxy) is 1. The predicted molar refractivity (Wildman–Crippen MR) is 113 cm³/mol. The minimum absolute atomic E-state index is 0.00280. The molecule has 2 heterocycles. The molecular weight excluding hydrogens is 410 g/mol. The Balaban J connectivity index is 1.59. The van der Waals surface area contributed by atoms with Gasteiger partial charge in [-0.05, 0) is 49.7 Å². The van der Waals surface area contributed by atoms with E-state index >= 15 is 0 Å². The Morgan fingerprint density at radius 3 is 2.84 bits per heavy atom. The summed E-state index contributed by atoms with van der Waals surface area (Å²) in [5.41, 5.74) is 2.54. The van der Waals surface area contributed by atoms with Crippen LogP contribution in [0.3, 0.4) is 0 Å². The first-order valence-electron chi connectivity index (χ1n) is 10.2. The van der Waals surface area contributed by atoms with Crippen LogP contribution in [0.25, 0.3) is 33.7 Å². The van der Waals surface area contributed by atoms with Crippen molar-refractivity contribution in [3.63, 3.8) is 0 Å². The number of hydrogen-bond donors (Lipinski definition) is 0. The minimum atomic E-state index is -1.12. The summed E-state index contributed by atoms with van der Waals surface area (Å²) in [6.45, 7) is 4.19. The molecule has 0 radical (unpaired) electrons. The van der Waals surface area contributed by atoms with Crippen molar-refractivity contribution >= 4 is 16.9 Å². The van der Waals surface area contributed by atoms with Crippen molar-refractivity contribution in [3.05, 3.63) is 48.2 Å². The fraction of sp³-hybridized carbons (Fsp3) is 0.261. The molecule has 9 heteroatoms. The van der Waals surface area contributed by atoms with Crippen molar-refractivity contribution in [2.24, 2.45) is 0 Å². The van der Waals surface area contributed by atoms with E-state index in [0.29, 0.717) is 22.7 Å². The number of nitriles is 1. The Kier molecular flexibility index (Phi) is 5.85. The van der Waals surface area contributed by atoms with Crippen molar-refractivity contribution in [3.8, 4) is 34.7 Å². The average Bonchev–Trinajstić information content (AvgIpc) is 3.45. The number of rotatable bonds is 8. The van der Waals surface area contributed by atoms with Gasteiger partial charge < -0.3 is 19.2 Å². The molecule has 1 atom stereocenters. The summed E-state index contributed by atoms with van der Waals surface area (Å²) in [5.74, 6) is 0.0780. The fourth-order valence-electron chi connectivity index (χ4n) is 3.21. The van der Waals surface area contributed by atoms with Gasteiger partial charge in [0, 0.05) is 35.4 Å². The van der Waals surface area contributed by atoms with Gasteiger partial charge in [-0.2, -0.15) is 15.3 Å². The Morgan fingerprint density at radius 2 is 2.09 bits per heavy atom. The number of benzene rings is 2. The minimum Gasteiger partial charge on any atom is -0.550 e. The van der Waals surface area contributed by atoms with Crippen LogP contribution in [0.4, 0.5) is 0 Å². The van der Waals surface area contributed by atoms with Gasteiger partial charge in [0.15, 0.2) is 0 Å². The van der Waals surface area contributed by atoms with Gasteiger partial charge in [0.1, 0.15) is 11.8 Å².